The summed E-state index contributed by atoms with van der Waals surface area (Å²) < 4.78 is 0. The summed E-state index contributed by atoms with van der Waals surface area (Å²) in [4.78, 5) is 2.51. The average molecular weight is 678 g/mol. The van der Waals surface area contributed by atoms with Gasteiger partial charge in [-0.2, -0.15) is 0 Å². The standard InChI is InChI=1S/C52H39N/c1-51(2)46-26-14-12-23-42(46)44-34-33-41(35-48(44)51)53(40-31-29-37(30-32-40)36-17-6-3-7-18-36)49-28-16-25-45-43-24-13-15-27-47(43)52(50(45)49,38-19-8-4-9-20-38)39-21-10-5-11-22-39/h3-35H,1-2H3. The smallest absolute Gasteiger partial charge is 0.0734 e. The highest BCUT2D eigenvalue weighted by Gasteiger charge is 2.48. The lowest BCUT2D eigenvalue weighted by Gasteiger charge is -2.38. The lowest BCUT2D eigenvalue weighted by atomic mass is 9.67. The van der Waals surface area contributed by atoms with Crippen molar-refractivity contribution in [2.45, 2.75) is 24.7 Å². The number of hydrogen-bond donors (Lipinski definition) is 0. The van der Waals surface area contributed by atoms with Crippen LogP contribution in [0.4, 0.5) is 17.1 Å². The van der Waals surface area contributed by atoms with Gasteiger partial charge in [-0.1, -0.05) is 184 Å². The minimum Gasteiger partial charge on any atom is -0.310 e. The fourth-order valence-electron chi connectivity index (χ4n) is 9.36. The highest BCUT2D eigenvalue weighted by atomic mass is 15.1. The molecule has 8 aromatic rings. The molecule has 0 saturated heterocycles. The summed E-state index contributed by atoms with van der Waals surface area (Å²) in [5, 5.41) is 0. The summed E-state index contributed by atoms with van der Waals surface area (Å²) >= 11 is 0. The molecule has 2 aliphatic rings. The Bertz CT molecular complexity index is 2580. The number of hydrogen-bond acceptors (Lipinski definition) is 1. The van der Waals surface area contributed by atoms with E-state index >= 15 is 0 Å². The molecule has 0 radical (unpaired) electrons. The molecule has 0 amide bonds. The summed E-state index contributed by atoms with van der Waals surface area (Å²) in [5.74, 6) is 0. The SMILES string of the molecule is CC1(C)c2ccccc2-c2ccc(N(c3ccc(-c4ccccc4)cc3)c3cccc4c3C(c3ccccc3)(c3ccccc3)c3ccccc3-4)cc21. The first-order chi connectivity index (χ1) is 26.1. The molecule has 53 heavy (non-hydrogen) atoms. The Balaban J connectivity index is 1.27. The van der Waals surface area contributed by atoms with Crippen LogP contribution in [0, 0.1) is 0 Å². The second-order valence-electron chi connectivity index (χ2n) is 14.9. The largest absolute Gasteiger partial charge is 0.310 e. The Hall–Kier alpha value is -6.44. The van der Waals surface area contributed by atoms with Gasteiger partial charge in [0.25, 0.3) is 0 Å². The predicted molar refractivity (Wildman–Crippen MR) is 221 cm³/mol. The van der Waals surface area contributed by atoms with E-state index in [-0.39, 0.29) is 5.41 Å². The molecule has 1 nitrogen and oxygen atoms in total. The molecule has 0 N–H and O–H groups in total. The minimum atomic E-state index is -0.542. The molecule has 0 unspecified atom stereocenters. The fourth-order valence-corrected chi connectivity index (χ4v) is 9.36. The van der Waals surface area contributed by atoms with Crippen LogP contribution in [0.5, 0.6) is 0 Å². The van der Waals surface area contributed by atoms with Crippen molar-refractivity contribution in [1.29, 1.82) is 0 Å². The van der Waals surface area contributed by atoms with E-state index in [2.05, 4.69) is 219 Å². The van der Waals surface area contributed by atoms with Gasteiger partial charge in [0.1, 0.15) is 0 Å². The van der Waals surface area contributed by atoms with E-state index in [0.717, 1.165) is 11.4 Å². The summed E-state index contributed by atoms with van der Waals surface area (Å²) in [6.07, 6.45) is 0. The van der Waals surface area contributed by atoms with Gasteiger partial charge >= 0.3 is 0 Å². The first-order valence-corrected chi connectivity index (χ1v) is 18.6. The van der Waals surface area contributed by atoms with Crippen molar-refractivity contribution in [3.8, 4) is 33.4 Å². The highest BCUT2D eigenvalue weighted by molar-refractivity contribution is 5.95. The van der Waals surface area contributed by atoms with Crippen LogP contribution in [-0.2, 0) is 10.8 Å². The van der Waals surface area contributed by atoms with Gasteiger partial charge in [-0.15, -0.1) is 0 Å². The molecule has 2 aliphatic carbocycles. The second kappa shape index (κ2) is 12.1. The zero-order valence-electron chi connectivity index (χ0n) is 30.0. The Kier molecular flexibility index (Phi) is 7.13. The van der Waals surface area contributed by atoms with Gasteiger partial charge in [-0.3, -0.25) is 0 Å². The van der Waals surface area contributed by atoms with Crippen LogP contribution in [0.25, 0.3) is 33.4 Å². The van der Waals surface area contributed by atoms with Crippen molar-refractivity contribution in [2.75, 3.05) is 4.90 Å². The van der Waals surface area contributed by atoms with E-state index < -0.39 is 5.41 Å². The lowest BCUT2D eigenvalue weighted by molar-refractivity contribution is 0.660. The molecule has 0 spiro atoms. The Labute approximate surface area is 312 Å². The van der Waals surface area contributed by atoms with Crippen LogP contribution in [0.2, 0.25) is 0 Å². The summed E-state index contributed by atoms with van der Waals surface area (Å²) in [5.41, 5.74) is 18.3. The summed E-state index contributed by atoms with van der Waals surface area (Å²) in [7, 11) is 0. The molecule has 0 saturated carbocycles. The van der Waals surface area contributed by atoms with Crippen LogP contribution < -0.4 is 4.90 Å². The molecule has 252 valence electrons. The predicted octanol–water partition coefficient (Wildman–Crippen LogP) is 13.5. The van der Waals surface area contributed by atoms with Crippen molar-refractivity contribution >= 4 is 17.1 Å². The molecule has 10 rings (SSSR count). The Morgan fingerprint density at radius 1 is 0.358 bits per heavy atom. The molecule has 0 heterocycles. The van der Waals surface area contributed by atoms with Crippen molar-refractivity contribution in [1.82, 2.24) is 0 Å². The van der Waals surface area contributed by atoms with Crippen molar-refractivity contribution in [3.63, 3.8) is 0 Å². The monoisotopic (exact) mass is 677 g/mol. The first kappa shape index (κ1) is 31.3. The van der Waals surface area contributed by atoms with E-state index in [4.69, 9.17) is 0 Å². The van der Waals surface area contributed by atoms with Gasteiger partial charge in [0.05, 0.1) is 11.1 Å². The van der Waals surface area contributed by atoms with E-state index in [9.17, 15) is 0 Å². The molecule has 0 atom stereocenters. The number of benzene rings is 8. The number of rotatable bonds is 6. The Morgan fingerprint density at radius 3 is 1.51 bits per heavy atom. The first-order valence-electron chi connectivity index (χ1n) is 18.6. The molecule has 0 aliphatic heterocycles. The molecule has 0 bridgehead atoms. The van der Waals surface area contributed by atoms with E-state index in [0.29, 0.717) is 0 Å². The van der Waals surface area contributed by atoms with Crippen LogP contribution in [0.1, 0.15) is 47.2 Å². The van der Waals surface area contributed by atoms with Crippen molar-refractivity contribution < 1.29 is 0 Å². The van der Waals surface area contributed by atoms with E-state index in [1.807, 2.05) is 0 Å². The van der Waals surface area contributed by atoms with Gasteiger partial charge < -0.3 is 4.90 Å². The maximum absolute atomic E-state index is 2.51. The van der Waals surface area contributed by atoms with E-state index in [1.54, 1.807) is 0 Å². The normalized spacial score (nSPS) is 14.2. The zero-order valence-corrected chi connectivity index (χ0v) is 30.0. The molecular weight excluding hydrogens is 639 g/mol. The molecule has 0 aromatic heterocycles. The summed E-state index contributed by atoms with van der Waals surface area (Å²) in [6.45, 7) is 4.74. The number of fused-ring (bicyclic) bond motifs is 6. The highest BCUT2D eigenvalue weighted by Crippen LogP contribution is 2.60. The van der Waals surface area contributed by atoms with Crippen LogP contribution >= 0.6 is 0 Å². The molecular formula is C52H39N. The number of nitrogens with zero attached hydrogens (tertiary/aromatic N) is 1. The van der Waals surface area contributed by atoms with Crippen LogP contribution in [-0.4, -0.2) is 0 Å². The van der Waals surface area contributed by atoms with Gasteiger partial charge in [0.15, 0.2) is 0 Å². The molecule has 0 fully saturated rings. The third-order valence-electron chi connectivity index (χ3n) is 11.8. The third kappa shape index (κ3) is 4.64. The number of anilines is 3. The van der Waals surface area contributed by atoms with Gasteiger partial charge in [-0.25, -0.2) is 0 Å². The second-order valence-corrected chi connectivity index (χ2v) is 14.9. The topological polar surface area (TPSA) is 3.24 Å². The van der Waals surface area contributed by atoms with Crippen molar-refractivity contribution in [3.05, 3.63) is 234 Å². The quantitative estimate of drug-likeness (QED) is 0.169. The minimum absolute atomic E-state index is 0.127. The van der Waals surface area contributed by atoms with Gasteiger partial charge in [-0.05, 0) is 91.5 Å². The van der Waals surface area contributed by atoms with E-state index in [1.165, 1.54) is 72.4 Å². The van der Waals surface area contributed by atoms with Gasteiger partial charge in [0.2, 0.25) is 0 Å². The molecule has 1 heteroatoms. The van der Waals surface area contributed by atoms with Crippen molar-refractivity contribution in [2.24, 2.45) is 0 Å². The Morgan fingerprint density at radius 2 is 0.849 bits per heavy atom. The van der Waals surface area contributed by atoms with Crippen LogP contribution in [0.3, 0.4) is 0 Å². The fraction of sp³-hybridized carbons (Fsp3) is 0.0769. The average Bonchev–Trinajstić information content (AvgIpc) is 3.66. The van der Waals surface area contributed by atoms with Crippen LogP contribution in [0.15, 0.2) is 200 Å². The third-order valence-corrected chi connectivity index (χ3v) is 11.8. The summed E-state index contributed by atoms with van der Waals surface area (Å²) in [6, 6.07) is 74.0. The lowest BCUT2D eigenvalue weighted by Crippen LogP contribution is -2.30. The maximum atomic E-state index is 2.51. The maximum Gasteiger partial charge on any atom is 0.0734 e. The van der Waals surface area contributed by atoms with Gasteiger partial charge in [0, 0.05) is 22.4 Å². The molecule has 8 aromatic carbocycles. The zero-order chi connectivity index (χ0) is 35.6.